The molecule has 0 aliphatic rings. The molecule has 1 amide bonds. The van der Waals surface area contributed by atoms with E-state index in [2.05, 4.69) is 5.32 Å². The van der Waals surface area contributed by atoms with E-state index < -0.39 is 21.9 Å². The average Bonchev–Trinajstić information content (AvgIpc) is 2.78. The molecule has 3 aromatic carbocycles. The van der Waals surface area contributed by atoms with E-state index in [0.717, 1.165) is 0 Å². The van der Waals surface area contributed by atoms with Crippen molar-refractivity contribution in [3.8, 4) is 11.5 Å². The lowest BCUT2D eigenvalue weighted by atomic mass is 10.1. The number of benzene rings is 3. The highest BCUT2D eigenvalue weighted by molar-refractivity contribution is 5.97. The van der Waals surface area contributed by atoms with Crippen molar-refractivity contribution in [3.05, 3.63) is 98.1 Å². The van der Waals surface area contributed by atoms with E-state index in [1.807, 2.05) is 0 Å². The summed E-state index contributed by atoms with van der Waals surface area (Å²) in [5, 5.41) is 25.4. The van der Waals surface area contributed by atoms with Crippen molar-refractivity contribution in [3.63, 3.8) is 0 Å². The van der Waals surface area contributed by atoms with Crippen LogP contribution in [-0.4, -0.2) is 22.9 Å². The molecule has 1 N–H and O–H groups in total. The monoisotopic (exact) mass is 437 g/mol. The molecule has 32 heavy (non-hydrogen) atoms. The summed E-state index contributed by atoms with van der Waals surface area (Å²) in [5.74, 6) is -0.633. The van der Waals surface area contributed by atoms with Crippen LogP contribution in [0.2, 0.25) is 0 Å². The van der Waals surface area contributed by atoms with Gasteiger partial charge in [0.05, 0.1) is 23.0 Å². The number of carbonyl (C=O) groups excluding carboxylic acids is 1. The average molecular weight is 437 g/mol. The maximum atomic E-state index is 13.1. The van der Waals surface area contributed by atoms with Crippen LogP contribution in [0.5, 0.6) is 11.5 Å². The van der Waals surface area contributed by atoms with Gasteiger partial charge in [0.25, 0.3) is 11.6 Å². The lowest BCUT2D eigenvalue weighted by Gasteiger charge is -2.19. The zero-order chi connectivity index (χ0) is 23.3. The molecule has 1 unspecified atom stereocenters. The second-order valence-corrected chi connectivity index (χ2v) is 6.77. The van der Waals surface area contributed by atoms with Crippen LogP contribution in [0.4, 0.5) is 17.1 Å². The van der Waals surface area contributed by atoms with Gasteiger partial charge in [0, 0.05) is 11.6 Å². The van der Waals surface area contributed by atoms with Crippen LogP contribution in [0.1, 0.15) is 17.2 Å². The molecule has 0 aliphatic heterocycles. The first kappa shape index (κ1) is 22.2. The van der Waals surface area contributed by atoms with E-state index >= 15 is 0 Å². The Labute approximate surface area is 182 Å². The van der Waals surface area contributed by atoms with Crippen LogP contribution >= 0.6 is 0 Å². The highest BCUT2D eigenvalue weighted by atomic mass is 16.6. The molecule has 1 atom stereocenters. The molecule has 0 saturated heterocycles. The van der Waals surface area contributed by atoms with E-state index in [-0.39, 0.29) is 28.6 Å². The summed E-state index contributed by atoms with van der Waals surface area (Å²) < 4.78 is 10.8. The Morgan fingerprint density at radius 3 is 2.25 bits per heavy atom. The summed E-state index contributed by atoms with van der Waals surface area (Å²) in [6, 6.07) is 16.7. The molecular formula is C22H19N3O7. The van der Waals surface area contributed by atoms with Gasteiger partial charge in [-0.1, -0.05) is 36.4 Å². The molecule has 0 spiro atoms. The number of ether oxygens (including phenoxy) is 2. The molecule has 0 fully saturated rings. The van der Waals surface area contributed by atoms with Crippen LogP contribution in [0.3, 0.4) is 0 Å². The van der Waals surface area contributed by atoms with Gasteiger partial charge in [-0.25, -0.2) is 0 Å². The fourth-order valence-electron chi connectivity index (χ4n) is 2.99. The van der Waals surface area contributed by atoms with Crippen LogP contribution < -0.4 is 14.8 Å². The first-order valence-corrected chi connectivity index (χ1v) is 9.40. The summed E-state index contributed by atoms with van der Waals surface area (Å²) in [4.78, 5) is 34.8. The van der Waals surface area contributed by atoms with Gasteiger partial charge in [-0.3, -0.25) is 25.0 Å². The summed E-state index contributed by atoms with van der Waals surface area (Å²) in [7, 11) is 1.37. The van der Waals surface area contributed by atoms with E-state index in [9.17, 15) is 25.0 Å². The van der Waals surface area contributed by atoms with Gasteiger partial charge in [-0.05, 0) is 30.7 Å². The largest absolute Gasteiger partial charge is 0.496 e. The van der Waals surface area contributed by atoms with Gasteiger partial charge in [0.15, 0.2) is 5.75 Å². The number of anilines is 1. The van der Waals surface area contributed by atoms with Gasteiger partial charge < -0.3 is 14.8 Å². The molecule has 0 saturated carbocycles. The highest BCUT2D eigenvalue weighted by Gasteiger charge is 2.28. The molecule has 0 aromatic heterocycles. The molecule has 10 heteroatoms. The molecule has 0 heterocycles. The smallest absolute Gasteiger partial charge is 0.314 e. The van der Waals surface area contributed by atoms with Gasteiger partial charge in [0.1, 0.15) is 11.4 Å². The number of rotatable bonds is 8. The minimum Gasteiger partial charge on any atom is -0.496 e. The Kier molecular flexibility index (Phi) is 6.64. The van der Waals surface area contributed by atoms with E-state index in [1.54, 1.807) is 43.3 Å². The molecule has 164 valence electrons. The predicted molar refractivity (Wildman–Crippen MR) is 116 cm³/mol. The number of nitrogens with one attached hydrogen (secondary N) is 1. The maximum absolute atomic E-state index is 13.1. The quantitative estimate of drug-likeness (QED) is 0.403. The topological polar surface area (TPSA) is 134 Å². The van der Waals surface area contributed by atoms with Crippen LogP contribution in [-0.2, 0) is 4.79 Å². The third-order valence-corrected chi connectivity index (χ3v) is 4.56. The van der Waals surface area contributed by atoms with Crippen LogP contribution in [0, 0.1) is 27.2 Å². The molecule has 0 aliphatic carbocycles. The molecule has 0 radical (unpaired) electrons. The molecule has 3 rings (SSSR count). The van der Waals surface area contributed by atoms with Crippen molar-refractivity contribution < 1.29 is 24.1 Å². The fraction of sp³-hybridized carbons (Fsp3) is 0.136. The number of amides is 1. The minimum absolute atomic E-state index is 0.0145. The Morgan fingerprint density at radius 1 is 0.938 bits per heavy atom. The molecule has 3 aromatic rings. The molecule has 0 bridgehead atoms. The summed E-state index contributed by atoms with van der Waals surface area (Å²) in [6.07, 6.45) is -1.32. The van der Waals surface area contributed by atoms with Crippen molar-refractivity contribution in [2.24, 2.45) is 0 Å². The summed E-state index contributed by atoms with van der Waals surface area (Å²) in [5.41, 5.74) is 0.378. The third kappa shape index (κ3) is 4.98. The van der Waals surface area contributed by atoms with Crippen molar-refractivity contribution in [2.75, 3.05) is 12.4 Å². The van der Waals surface area contributed by atoms with Gasteiger partial charge in [0.2, 0.25) is 6.10 Å². The SMILES string of the molecule is COc1ccc(OC(C(=O)Nc2ccc(C)cc2[N+](=O)[O-])c2ccccc2)c([N+](=O)[O-])c1. The number of nitro groups is 2. The van der Waals surface area contributed by atoms with Crippen molar-refractivity contribution >= 4 is 23.0 Å². The zero-order valence-corrected chi connectivity index (χ0v) is 17.2. The lowest BCUT2D eigenvalue weighted by Crippen LogP contribution is -2.26. The minimum atomic E-state index is -1.32. The maximum Gasteiger partial charge on any atom is 0.314 e. The lowest BCUT2D eigenvalue weighted by molar-refractivity contribution is -0.386. The van der Waals surface area contributed by atoms with Crippen molar-refractivity contribution in [1.29, 1.82) is 0 Å². The Balaban J connectivity index is 1.99. The Bertz CT molecular complexity index is 1170. The normalized spacial score (nSPS) is 11.3. The van der Waals surface area contributed by atoms with Crippen LogP contribution in [0.25, 0.3) is 0 Å². The summed E-state index contributed by atoms with van der Waals surface area (Å²) >= 11 is 0. The number of carbonyl (C=O) groups is 1. The van der Waals surface area contributed by atoms with Crippen LogP contribution in [0.15, 0.2) is 66.7 Å². The first-order valence-electron chi connectivity index (χ1n) is 9.40. The fourth-order valence-corrected chi connectivity index (χ4v) is 2.99. The Hall–Kier alpha value is -4.47. The van der Waals surface area contributed by atoms with Gasteiger partial charge in [-0.2, -0.15) is 0 Å². The summed E-state index contributed by atoms with van der Waals surface area (Å²) in [6.45, 7) is 1.69. The standard InChI is InChI=1S/C22H19N3O7/c1-14-8-10-17(18(12-14)24(27)28)23-22(26)21(15-6-4-3-5-7-15)32-20-11-9-16(31-2)13-19(20)25(29)30/h3-13,21H,1-2H3,(H,23,26). The predicted octanol–water partition coefficient (Wildman–Crippen LogP) is 4.58. The third-order valence-electron chi connectivity index (χ3n) is 4.56. The van der Waals surface area contributed by atoms with E-state index in [1.165, 1.54) is 37.4 Å². The van der Waals surface area contributed by atoms with Crippen molar-refractivity contribution in [2.45, 2.75) is 13.0 Å². The first-order chi connectivity index (χ1) is 15.3. The number of hydrogen-bond donors (Lipinski definition) is 1. The van der Waals surface area contributed by atoms with E-state index in [4.69, 9.17) is 9.47 Å². The second-order valence-electron chi connectivity index (χ2n) is 6.77. The molecule has 10 nitrogen and oxygen atoms in total. The molecular weight excluding hydrogens is 418 g/mol. The second kappa shape index (κ2) is 9.56. The number of aryl methyl sites for hydroxylation is 1. The van der Waals surface area contributed by atoms with Gasteiger partial charge in [-0.15, -0.1) is 0 Å². The Morgan fingerprint density at radius 2 is 1.62 bits per heavy atom. The van der Waals surface area contributed by atoms with Gasteiger partial charge >= 0.3 is 5.69 Å². The zero-order valence-electron chi connectivity index (χ0n) is 17.2. The number of methoxy groups -OCH3 is 1. The number of hydrogen-bond acceptors (Lipinski definition) is 7. The number of nitrogens with zero attached hydrogens (tertiary/aromatic N) is 2. The number of nitro benzene ring substituents is 2. The van der Waals surface area contributed by atoms with Crippen molar-refractivity contribution in [1.82, 2.24) is 0 Å². The van der Waals surface area contributed by atoms with E-state index in [0.29, 0.717) is 11.1 Å². The highest BCUT2D eigenvalue weighted by Crippen LogP contribution is 2.35.